The second-order valence-electron chi connectivity index (χ2n) is 7.24. The third kappa shape index (κ3) is 5.94. The molecule has 0 unspecified atom stereocenters. The molecule has 1 saturated heterocycles. The van der Waals surface area contributed by atoms with Crippen LogP contribution < -0.4 is 5.32 Å². The van der Waals surface area contributed by atoms with Crippen LogP contribution in [0.3, 0.4) is 0 Å². The molecule has 1 atom stereocenters. The Kier molecular flexibility index (Phi) is 8.18. The highest BCUT2D eigenvalue weighted by Crippen LogP contribution is 2.22. The first-order chi connectivity index (χ1) is 14.3. The lowest BCUT2D eigenvalue weighted by Gasteiger charge is -2.15. The van der Waals surface area contributed by atoms with Crippen LogP contribution in [0.1, 0.15) is 29.8 Å². The number of nitrogens with one attached hydrogen (secondary N) is 1. The molecule has 1 fully saturated rings. The molecule has 9 nitrogen and oxygen atoms in total. The fourth-order valence-corrected chi connectivity index (χ4v) is 3.24. The molecule has 2 rings (SSSR count). The van der Waals surface area contributed by atoms with Gasteiger partial charge in [0, 0.05) is 38.6 Å². The molecule has 1 aromatic rings. The molecule has 30 heavy (non-hydrogen) atoms. The number of nitrogens with zero attached hydrogens (tertiary/aromatic N) is 3. The van der Waals surface area contributed by atoms with Crippen LogP contribution in [0.5, 0.6) is 0 Å². The first kappa shape index (κ1) is 23.2. The van der Waals surface area contributed by atoms with Gasteiger partial charge in [0.15, 0.2) is 6.61 Å². The van der Waals surface area contributed by atoms with E-state index < -0.39 is 18.5 Å². The van der Waals surface area contributed by atoms with Gasteiger partial charge in [0.2, 0.25) is 5.91 Å². The molecule has 162 valence electrons. The molecule has 0 aromatic carbocycles. The lowest BCUT2D eigenvalue weighted by atomic mass is 10.1. The van der Waals surface area contributed by atoms with Crippen LogP contribution >= 0.6 is 0 Å². The van der Waals surface area contributed by atoms with Crippen LogP contribution in [0.4, 0.5) is 0 Å². The number of amides is 2. The number of hydrogen-bond donors (Lipinski definition) is 1. The Bertz CT molecular complexity index is 875. The van der Waals surface area contributed by atoms with Crippen LogP contribution in [-0.4, -0.2) is 67.2 Å². The molecular weight excluding hydrogens is 388 g/mol. The third-order valence-electron chi connectivity index (χ3n) is 5.08. The van der Waals surface area contributed by atoms with Gasteiger partial charge in [-0.2, -0.15) is 5.26 Å². The van der Waals surface area contributed by atoms with Crippen LogP contribution in [0.25, 0.3) is 6.08 Å². The number of carbonyl (C=O) groups excluding carboxylic acids is 3. The minimum atomic E-state index is -0.886. The summed E-state index contributed by atoms with van der Waals surface area (Å²) in [5.74, 6) is -1.77. The van der Waals surface area contributed by atoms with Crippen LogP contribution in [0.2, 0.25) is 0 Å². The van der Waals surface area contributed by atoms with E-state index in [1.165, 1.54) is 20.2 Å². The summed E-state index contributed by atoms with van der Waals surface area (Å²) in [5.41, 5.74) is 2.46. The highest BCUT2D eigenvalue weighted by molar-refractivity contribution is 5.99. The normalized spacial score (nSPS) is 16.1. The minimum Gasteiger partial charge on any atom is -0.451 e. The van der Waals surface area contributed by atoms with Gasteiger partial charge < -0.3 is 24.3 Å². The summed E-state index contributed by atoms with van der Waals surface area (Å²) in [6.45, 7) is 4.69. The van der Waals surface area contributed by atoms with E-state index in [9.17, 15) is 19.6 Å². The highest BCUT2D eigenvalue weighted by Gasteiger charge is 2.20. The Balaban J connectivity index is 2.04. The predicted octanol–water partition coefficient (Wildman–Crippen LogP) is 0.939. The molecular formula is C21H28N4O5. The molecule has 0 spiro atoms. The zero-order valence-corrected chi connectivity index (χ0v) is 17.9. The van der Waals surface area contributed by atoms with Gasteiger partial charge >= 0.3 is 5.97 Å². The van der Waals surface area contributed by atoms with Gasteiger partial charge in [-0.3, -0.25) is 9.59 Å². The Labute approximate surface area is 176 Å². The highest BCUT2D eigenvalue weighted by atomic mass is 16.5. The Morgan fingerprint density at radius 2 is 2.17 bits per heavy atom. The molecule has 1 aliphatic rings. The molecule has 2 amide bonds. The number of carbonyl (C=O) groups is 3. The lowest BCUT2D eigenvalue weighted by Crippen LogP contribution is -2.39. The number of nitriles is 1. The number of aryl methyl sites for hydroxylation is 1. The minimum absolute atomic E-state index is 0.148. The summed E-state index contributed by atoms with van der Waals surface area (Å²) in [4.78, 5) is 36.7. The molecule has 0 bridgehead atoms. The molecule has 1 aromatic heterocycles. The second kappa shape index (κ2) is 10.6. The van der Waals surface area contributed by atoms with Gasteiger partial charge in [-0.15, -0.1) is 0 Å². The van der Waals surface area contributed by atoms with Gasteiger partial charge in [0.1, 0.15) is 11.6 Å². The summed E-state index contributed by atoms with van der Waals surface area (Å²) >= 11 is 0. The molecule has 0 aliphatic carbocycles. The number of aromatic nitrogens is 1. The summed E-state index contributed by atoms with van der Waals surface area (Å²) in [5, 5.41) is 11.8. The molecule has 0 radical (unpaired) electrons. The van der Waals surface area contributed by atoms with Crippen molar-refractivity contribution in [2.75, 3.05) is 33.9 Å². The number of ether oxygens (including phenoxy) is 2. The largest absolute Gasteiger partial charge is 0.451 e. The van der Waals surface area contributed by atoms with Crippen molar-refractivity contribution in [3.8, 4) is 6.07 Å². The van der Waals surface area contributed by atoms with Crippen molar-refractivity contribution < 1.29 is 23.9 Å². The maximum atomic E-state index is 12.3. The topological polar surface area (TPSA) is 114 Å². The lowest BCUT2D eigenvalue weighted by molar-refractivity contribution is -0.148. The van der Waals surface area contributed by atoms with Crippen molar-refractivity contribution in [1.82, 2.24) is 14.8 Å². The van der Waals surface area contributed by atoms with Crippen molar-refractivity contribution in [3.05, 3.63) is 28.6 Å². The van der Waals surface area contributed by atoms with Gasteiger partial charge in [-0.05, 0) is 44.4 Å². The summed E-state index contributed by atoms with van der Waals surface area (Å²) in [6.07, 6.45) is 3.71. The van der Waals surface area contributed by atoms with Crippen molar-refractivity contribution in [3.63, 3.8) is 0 Å². The van der Waals surface area contributed by atoms with Gasteiger partial charge in [-0.1, -0.05) is 0 Å². The van der Waals surface area contributed by atoms with E-state index in [1.54, 1.807) is 0 Å². The monoisotopic (exact) mass is 416 g/mol. The van der Waals surface area contributed by atoms with Crippen LogP contribution in [0.15, 0.2) is 11.6 Å². The fourth-order valence-electron chi connectivity index (χ4n) is 3.24. The van der Waals surface area contributed by atoms with Crippen LogP contribution in [-0.2, 0) is 30.4 Å². The second-order valence-corrected chi connectivity index (χ2v) is 7.24. The van der Waals surface area contributed by atoms with E-state index in [0.717, 1.165) is 47.8 Å². The maximum absolute atomic E-state index is 12.3. The van der Waals surface area contributed by atoms with E-state index in [2.05, 4.69) is 9.88 Å². The molecule has 9 heteroatoms. The molecule has 1 N–H and O–H groups in total. The smallest absolute Gasteiger partial charge is 0.349 e. The van der Waals surface area contributed by atoms with Gasteiger partial charge in [0.05, 0.1) is 12.6 Å². The van der Waals surface area contributed by atoms with Gasteiger partial charge in [-0.25, -0.2) is 4.79 Å². The maximum Gasteiger partial charge on any atom is 0.349 e. The third-order valence-corrected chi connectivity index (χ3v) is 5.08. The summed E-state index contributed by atoms with van der Waals surface area (Å²) in [6, 6.07) is 3.74. The standard InChI is InChI=1S/C21H28N4O5/c1-14-8-16(15(2)25(14)11-18-6-5-7-29-18)9-17(10-22)21(28)30-13-20(27)24(4)12-19(26)23-3/h8-9,18H,5-7,11-13H2,1-4H3,(H,23,26)/b17-9+/t18-/m1/s1. The zero-order chi connectivity index (χ0) is 22.3. The SMILES string of the molecule is CNC(=O)CN(C)C(=O)COC(=O)/C(C#N)=C/c1cc(C)n(C[C@H]2CCCO2)c1C. The zero-order valence-electron chi connectivity index (χ0n) is 17.9. The van der Waals surface area contributed by atoms with Gasteiger partial charge in [0.25, 0.3) is 5.91 Å². The average molecular weight is 416 g/mol. The number of likely N-dealkylation sites (N-methyl/N-ethyl adjacent to an activating group) is 2. The average Bonchev–Trinajstić information content (AvgIpc) is 3.33. The summed E-state index contributed by atoms with van der Waals surface area (Å²) in [7, 11) is 2.89. The fraction of sp³-hybridized carbons (Fsp3) is 0.524. The van der Waals surface area contributed by atoms with Crippen molar-refractivity contribution >= 4 is 23.9 Å². The van der Waals surface area contributed by atoms with Crippen molar-refractivity contribution in [2.24, 2.45) is 0 Å². The quantitative estimate of drug-likeness (QED) is 0.383. The first-order valence-electron chi connectivity index (χ1n) is 9.78. The Hall–Kier alpha value is -3.12. The molecule has 1 aliphatic heterocycles. The van der Waals surface area contributed by atoms with Crippen molar-refractivity contribution in [1.29, 1.82) is 5.26 Å². The summed E-state index contributed by atoms with van der Waals surface area (Å²) < 4.78 is 12.8. The Morgan fingerprint density at radius 3 is 2.77 bits per heavy atom. The van der Waals surface area contributed by atoms with E-state index in [-0.39, 0.29) is 24.1 Å². The van der Waals surface area contributed by atoms with E-state index in [4.69, 9.17) is 9.47 Å². The van der Waals surface area contributed by atoms with Crippen molar-refractivity contribution in [2.45, 2.75) is 39.3 Å². The molecule has 0 saturated carbocycles. The number of hydrogen-bond acceptors (Lipinski definition) is 6. The Morgan fingerprint density at radius 1 is 1.43 bits per heavy atom. The van der Waals surface area contributed by atoms with E-state index >= 15 is 0 Å². The first-order valence-corrected chi connectivity index (χ1v) is 9.78. The van der Waals surface area contributed by atoms with E-state index in [0.29, 0.717) is 0 Å². The molecule has 2 heterocycles. The van der Waals surface area contributed by atoms with E-state index in [1.807, 2.05) is 26.0 Å². The predicted molar refractivity (Wildman–Crippen MR) is 109 cm³/mol. The number of rotatable bonds is 8. The van der Waals surface area contributed by atoms with Crippen LogP contribution in [0, 0.1) is 25.2 Å². The number of esters is 1.